The van der Waals surface area contributed by atoms with Crippen LogP contribution in [-0.4, -0.2) is 6.10 Å². The fourth-order valence-corrected chi connectivity index (χ4v) is 2.81. The molecular formula is C21H29BrO. The largest absolute Gasteiger partial charge is 0.491 e. The van der Waals surface area contributed by atoms with Gasteiger partial charge >= 0.3 is 0 Å². The summed E-state index contributed by atoms with van der Waals surface area (Å²) in [7, 11) is 0. The first-order valence-electron chi connectivity index (χ1n) is 8.53. The first kappa shape index (κ1) is 19.8. The molecule has 0 heterocycles. The van der Waals surface area contributed by atoms with Gasteiger partial charge in [-0.3, -0.25) is 0 Å². The van der Waals surface area contributed by atoms with Crippen LogP contribution in [0.15, 0.2) is 40.9 Å². The second kappa shape index (κ2) is 9.77. The Morgan fingerprint density at radius 2 is 1.57 bits per heavy atom. The molecule has 0 aromatic heterocycles. The lowest BCUT2D eigenvalue weighted by molar-refractivity contribution is 0.240. The fraction of sp³-hybridized carbons (Fsp3) is 0.429. The predicted molar refractivity (Wildman–Crippen MR) is 105 cm³/mol. The van der Waals surface area contributed by atoms with Crippen molar-refractivity contribution in [1.82, 2.24) is 0 Å². The molecule has 0 bridgehead atoms. The Bertz CT molecular complexity index is 600. The Balaban J connectivity index is 0.00000127. The van der Waals surface area contributed by atoms with Gasteiger partial charge in [0.2, 0.25) is 0 Å². The molecule has 2 aromatic rings. The van der Waals surface area contributed by atoms with Gasteiger partial charge in [-0.15, -0.1) is 0 Å². The van der Waals surface area contributed by atoms with Gasteiger partial charge in [-0.2, -0.15) is 0 Å². The van der Waals surface area contributed by atoms with E-state index < -0.39 is 0 Å². The molecule has 0 unspecified atom stereocenters. The van der Waals surface area contributed by atoms with E-state index in [-0.39, 0.29) is 6.10 Å². The third-order valence-electron chi connectivity index (χ3n) is 3.53. The van der Waals surface area contributed by atoms with Crippen LogP contribution in [0.3, 0.4) is 0 Å². The highest BCUT2D eigenvalue weighted by Gasteiger charge is 2.09. The highest BCUT2D eigenvalue weighted by atomic mass is 79.9. The maximum absolute atomic E-state index is 5.83. The molecule has 0 spiro atoms. The average Bonchev–Trinajstić information content (AvgIpc) is 2.54. The minimum absolute atomic E-state index is 0.197. The van der Waals surface area contributed by atoms with Gasteiger partial charge in [0.1, 0.15) is 5.75 Å². The van der Waals surface area contributed by atoms with Gasteiger partial charge in [0.25, 0.3) is 0 Å². The Morgan fingerprint density at radius 1 is 1.00 bits per heavy atom. The molecule has 0 radical (unpaired) electrons. The Labute approximate surface area is 150 Å². The summed E-state index contributed by atoms with van der Waals surface area (Å²) < 4.78 is 6.95. The van der Waals surface area contributed by atoms with E-state index in [2.05, 4.69) is 80.0 Å². The molecule has 23 heavy (non-hydrogen) atoms. The van der Waals surface area contributed by atoms with Crippen LogP contribution in [0.2, 0.25) is 0 Å². The summed E-state index contributed by atoms with van der Waals surface area (Å²) in [5, 5.41) is 0. The van der Waals surface area contributed by atoms with Gasteiger partial charge in [-0.05, 0) is 61.9 Å². The molecule has 0 aliphatic heterocycles. The lowest BCUT2D eigenvalue weighted by Crippen LogP contribution is -2.07. The SMILES string of the molecule is CC.CCc1ccc(Cc2cc(C)c(OC(C)C)cc2Br)cc1. The van der Waals surface area contributed by atoms with Crippen molar-refractivity contribution in [3.05, 3.63) is 63.1 Å². The van der Waals surface area contributed by atoms with Gasteiger partial charge in [0.05, 0.1) is 6.10 Å². The third kappa shape index (κ3) is 6.02. The maximum atomic E-state index is 5.83. The quantitative estimate of drug-likeness (QED) is 0.562. The lowest BCUT2D eigenvalue weighted by atomic mass is 10.0. The van der Waals surface area contributed by atoms with Crippen molar-refractivity contribution >= 4 is 15.9 Å². The summed E-state index contributed by atoms with van der Waals surface area (Å²) >= 11 is 3.68. The van der Waals surface area contributed by atoms with Crippen LogP contribution in [0.1, 0.15) is 56.9 Å². The molecule has 0 amide bonds. The average molecular weight is 377 g/mol. The molecule has 0 saturated heterocycles. The molecule has 2 heteroatoms. The molecule has 2 aromatic carbocycles. The van der Waals surface area contributed by atoms with Crippen molar-refractivity contribution in [3.8, 4) is 5.75 Å². The van der Waals surface area contributed by atoms with Gasteiger partial charge in [0, 0.05) is 4.47 Å². The Morgan fingerprint density at radius 3 is 2.09 bits per heavy atom. The summed E-state index contributed by atoms with van der Waals surface area (Å²) in [6.45, 7) is 12.4. The number of rotatable bonds is 5. The van der Waals surface area contributed by atoms with Gasteiger partial charge in [-0.1, -0.05) is 67.0 Å². The summed E-state index contributed by atoms with van der Waals surface area (Å²) in [5.41, 5.74) is 5.21. The molecule has 0 saturated carbocycles. The summed E-state index contributed by atoms with van der Waals surface area (Å²) in [5.74, 6) is 0.960. The zero-order valence-corrected chi connectivity index (χ0v) is 16.8. The zero-order valence-electron chi connectivity index (χ0n) is 15.2. The first-order valence-corrected chi connectivity index (χ1v) is 9.32. The second-order valence-corrected chi connectivity index (χ2v) is 6.58. The Hall–Kier alpha value is -1.28. The summed E-state index contributed by atoms with van der Waals surface area (Å²) in [4.78, 5) is 0. The molecule has 0 fully saturated rings. The zero-order chi connectivity index (χ0) is 17.4. The number of benzene rings is 2. The van der Waals surface area contributed by atoms with Crippen LogP contribution in [0.25, 0.3) is 0 Å². The molecular weight excluding hydrogens is 348 g/mol. The topological polar surface area (TPSA) is 9.23 Å². The van der Waals surface area contributed by atoms with E-state index in [1.165, 1.54) is 22.3 Å². The first-order chi connectivity index (χ1) is 11.0. The minimum atomic E-state index is 0.197. The molecule has 0 atom stereocenters. The van der Waals surface area contributed by atoms with Crippen LogP contribution in [0.5, 0.6) is 5.75 Å². The molecule has 0 aliphatic carbocycles. The van der Waals surface area contributed by atoms with Crippen molar-refractivity contribution in [1.29, 1.82) is 0 Å². The standard InChI is InChI=1S/C19H23BrO.C2H6/c1-5-15-6-8-16(9-7-15)11-17-10-14(4)19(12-18(17)20)21-13(2)3;1-2/h6-10,12-13H,5,11H2,1-4H3;1-2H3. The normalized spacial score (nSPS) is 10.3. The van der Waals surface area contributed by atoms with Crippen LogP contribution in [-0.2, 0) is 12.8 Å². The van der Waals surface area contributed by atoms with E-state index in [0.29, 0.717) is 0 Å². The van der Waals surface area contributed by atoms with Crippen LogP contribution >= 0.6 is 15.9 Å². The van der Waals surface area contributed by atoms with Crippen molar-refractivity contribution in [3.63, 3.8) is 0 Å². The second-order valence-electron chi connectivity index (χ2n) is 5.72. The van der Waals surface area contributed by atoms with E-state index in [1.807, 2.05) is 13.8 Å². The van der Waals surface area contributed by atoms with Crippen molar-refractivity contribution in [2.24, 2.45) is 0 Å². The van der Waals surface area contributed by atoms with E-state index in [1.54, 1.807) is 0 Å². The summed E-state index contributed by atoms with van der Waals surface area (Å²) in [6, 6.07) is 13.2. The number of hydrogen-bond donors (Lipinski definition) is 0. The van der Waals surface area contributed by atoms with E-state index in [4.69, 9.17) is 4.74 Å². The number of hydrogen-bond acceptors (Lipinski definition) is 1. The van der Waals surface area contributed by atoms with Gasteiger partial charge in [-0.25, -0.2) is 0 Å². The predicted octanol–water partition coefficient (Wildman–Crippen LogP) is 6.72. The minimum Gasteiger partial charge on any atom is -0.491 e. The van der Waals surface area contributed by atoms with Crippen molar-refractivity contribution in [2.75, 3.05) is 0 Å². The van der Waals surface area contributed by atoms with E-state index in [0.717, 1.165) is 23.1 Å². The lowest BCUT2D eigenvalue weighted by Gasteiger charge is -2.15. The molecule has 0 N–H and O–H groups in total. The molecule has 2 rings (SSSR count). The molecule has 126 valence electrons. The smallest absolute Gasteiger partial charge is 0.123 e. The molecule has 0 aliphatic rings. The fourth-order valence-electron chi connectivity index (χ4n) is 2.35. The van der Waals surface area contributed by atoms with E-state index >= 15 is 0 Å². The van der Waals surface area contributed by atoms with E-state index in [9.17, 15) is 0 Å². The van der Waals surface area contributed by atoms with Crippen molar-refractivity contribution in [2.45, 2.75) is 60.5 Å². The van der Waals surface area contributed by atoms with Crippen LogP contribution in [0.4, 0.5) is 0 Å². The third-order valence-corrected chi connectivity index (χ3v) is 4.27. The number of ether oxygens (including phenoxy) is 1. The maximum Gasteiger partial charge on any atom is 0.123 e. The summed E-state index contributed by atoms with van der Waals surface area (Å²) in [6.07, 6.45) is 2.22. The van der Waals surface area contributed by atoms with Gasteiger partial charge < -0.3 is 4.74 Å². The van der Waals surface area contributed by atoms with Crippen LogP contribution < -0.4 is 4.74 Å². The van der Waals surface area contributed by atoms with Crippen molar-refractivity contribution < 1.29 is 4.74 Å². The monoisotopic (exact) mass is 376 g/mol. The van der Waals surface area contributed by atoms with Crippen LogP contribution in [0, 0.1) is 6.92 Å². The number of aryl methyl sites for hydroxylation is 2. The molecule has 1 nitrogen and oxygen atoms in total. The number of halogens is 1. The highest BCUT2D eigenvalue weighted by Crippen LogP contribution is 2.29. The van der Waals surface area contributed by atoms with Gasteiger partial charge in [0.15, 0.2) is 0 Å². The Kier molecular flexibility index (Phi) is 8.40. The highest BCUT2D eigenvalue weighted by molar-refractivity contribution is 9.10.